The topological polar surface area (TPSA) is 76.7 Å². The van der Waals surface area contributed by atoms with E-state index in [1.807, 2.05) is 55.5 Å². The number of anilines is 2. The molecule has 176 valence electrons. The molecule has 0 radical (unpaired) electrons. The van der Waals surface area contributed by atoms with Crippen LogP contribution in [-0.4, -0.2) is 25.9 Å². The first-order valence-electron chi connectivity index (χ1n) is 11.4. The zero-order valence-corrected chi connectivity index (χ0v) is 20.1. The lowest BCUT2D eigenvalue weighted by molar-refractivity contribution is 0.161. The molecule has 0 aliphatic rings. The van der Waals surface area contributed by atoms with E-state index >= 15 is 0 Å². The highest BCUT2D eigenvalue weighted by Crippen LogP contribution is 2.16. The lowest BCUT2D eigenvalue weighted by Crippen LogP contribution is -2.13. The molecule has 2 rings (SSSR count). The average molecular weight is 443 g/mol. The zero-order chi connectivity index (χ0) is 23.8. The molecule has 2 amide bonds. The van der Waals surface area contributed by atoms with Gasteiger partial charge in [-0.1, -0.05) is 71.2 Å². The number of amides is 2. The molecule has 0 saturated carbocycles. The van der Waals surface area contributed by atoms with E-state index in [-0.39, 0.29) is 0 Å². The molecule has 2 aromatic rings. The van der Waals surface area contributed by atoms with Crippen molar-refractivity contribution in [1.82, 2.24) is 0 Å². The maximum atomic E-state index is 11.5. The molecule has 6 heteroatoms. The van der Waals surface area contributed by atoms with Crippen molar-refractivity contribution in [2.45, 2.75) is 59.8 Å². The van der Waals surface area contributed by atoms with Gasteiger partial charge in [-0.05, 0) is 54.2 Å². The molecule has 0 aliphatic carbocycles. The van der Waals surface area contributed by atoms with E-state index in [1.54, 1.807) is 0 Å². The molecule has 0 fully saturated rings. The summed E-state index contributed by atoms with van der Waals surface area (Å²) in [5.74, 6) is 0.949. The monoisotopic (exact) mass is 442 g/mol. The first-order valence-corrected chi connectivity index (χ1v) is 11.4. The molecule has 0 spiro atoms. The van der Waals surface area contributed by atoms with Gasteiger partial charge in [-0.25, -0.2) is 9.59 Å². The van der Waals surface area contributed by atoms with Crippen LogP contribution in [0.15, 0.2) is 48.5 Å². The highest BCUT2D eigenvalue weighted by Gasteiger charge is 2.04. The molecule has 2 N–H and O–H groups in total. The fourth-order valence-corrected chi connectivity index (χ4v) is 2.86. The second-order valence-corrected chi connectivity index (χ2v) is 7.75. The largest absolute Gasteiger partial charge is 0.453 e. The molecule has 0 saturated heterocycles. The summed E-state index contributed by atoms with van der Waals surface area (Å²) >= 11 is 0. The van der Waals surface area contributed by atoms with Crippen LogP contribution >= 0.6 is 0 Å². The minimum atomic E-state index is -0.492. The third-order valence-corrected chi connectivity index (χ3v) is 4.91. The second kappa shape index (κ2) is 15.7. The summed E-state index contributed by atoms with van der Waals surface area (Å²) in [5, 5.41) is 5.30. The third-order valence-electron chi connectivity index (χ3n) is 4.91. The number of hydrogen-bond donors (Lipinski definition) is 2. The van der Waals surface area contributed by atoms with Crippen LogP contribution in [0.3, 0.4) is 0 Å². The van der Waals surface area contributed by atoms with Crippen LogP contribution in [-0.2, 0) is 15.9 Å². The first kappa shape index (κ1) is 27.0. The number of carbonyl (C=O) groups excluding carboxylic acids is 2. The third kappa shape index (κ3) is 11.4. The van der Waals surface area contributed by atoms with Crippen LogP contribution in [0.2, 0.25) is 0 Å². The fraction of sp³-hybridized carbons (Fsp3) is 0.462. The van der Waals surface area contributed by atoms with E-state index < -0.39 is 12.2 Å². The van der Waals surface area contributed by atoms with E-state index in [1.165, 1.54) is 26.4 Å². The van der Waals surface area contributed by atoms with E-state index in [4.69, 9.17) is 4.74 Å². The molecule has 2 aromatic carbocycles. The molecule has 6 nitrogen and oxygen atoms in total. The summed E-state index contributed by atoms with van der Waals surface area (Å²) in [7, 11) is 1.33. The Bertz CT molecular complexity index is 788. The van der Waals surface area contributed by atoms with Crippen LogP contribution in [0.25, 0.3) is 0 Å². The van der Waals surface area contributed by atoms with Crippen molar-refractivity contribution in [2.24, 2.45) is 5.92 Å². The standard InChI is InChI=1S/C19H22N2O4.C7H16/c1-3-12-25-19(23)21-17-10-6-15(7-11-17)13-14-4-8-16(9-5-14)20-18(22)24-2;1-4-6-7(3)5-2/h4-11H,3,12-13H2,1-2H3,(H,20,22)(H,21,23);7H,4-6H2,1-3H3. The van der Waals surface area contributed by atoms with Crippen LogP contribution in [0, 0.1) is 5.92 Å². The Hall–Kier alpha value is -3.02. The Kier molecular flexibility index (Phi) is 13.3. The Labute approximate surface area is 192 Å². The van der Waals surface area contributed by atoms with Crippen LogP contribution in [0.1, 0.15) is 64.5 Å². The zero-order valence-electron chi connectivity index (χ0n) is 20.1. The van der Waals surface area contributed by atoms with Gasteiger partial charge in [0.25, 0.3) is 0 Å². The number of ether oxygens (including phenoxy) is 2. The molecular weight excluding hydrogens is 404 g/mol. The summed E-state index contributed by atoms with van der Waals surface area (Å²) in [4.78, 5) is 22.7. The van der Waals surface area contributed by atoms with Gasteiger partial charge >= 0.3 is 12.2 Å². The highest BCUT2D eigenvalue weighted by atomic mass is 16.5. The predicted molar refractivity (Wildman–Crippen MR) is 131 cm³/mol. The van der Waals surface area contributed by atoms with Crippen LogP contribution in [0.5, 0.6) is 0 Å². The fourth-order valence-electron chi connectivity index (χ4n) is 2.86. The Morgan fingerprint density at radius 1 is 0.812 bits per heavy atom. The average Bonchev–Trinajstić information content (AvgIpc) is 2.80. The van der Waals surface area contributed by atoms with Gasteiger partial charge in [-0.15, -0.1) is 0 Å². The van der Waals surface area contributed by atoms with Gasteiger partial charge < -0.3 is 9.47 Å². The van der Waals surface area contributed by atoms with Crippen molar-refractivity contribution in [1.29, 1.82) is 0 Å². The van der Waals surface area contributed by atoms with Gasteiger partial charge in [0.1, 0.15) is 0 Å². The van der Waals surface area contributed by atoms with Crippen LogP contribution in [0.4, 0.5) is 21.0 Å². The van der Waals surface area contributed by atoms with Crippen molar-refractivity contribution >= 4 is 23.6 Å². The molecule has 1 unspecified atom stereocenters. The maximum Gasteiger partial charge on any atom is 0.411 e. The Morgan fingerprint density at radius 2 is 1.31 bits per heavy atom. The Balaban J connectivity index is 0.000000633. The second-order valence-electron chi connectivity index (χ2n) is 7.75. The van der Waals surface area contributed by atoms with Crippen molar-refractivity contribution in [2.75, 3.05) is 24.4 Å². The SMILES string of the molecule is CCCC(C)CC.CCCOC(=O)Nc1ccc(Cc2ccc(NC(=O)OC)cc2)cc1. The van der Waals surface area contributed by atoms with Crippen molar-refractivity contribution < 1.29 is 19.1 Å². The minimum Gasteiger partial charge on any atom is -0.453 e. The summed E-state index contributed by atoms with van der Waals surface area (Å²) in [6.07, 6.45) is 4.69. The van der Waals surface area contributed by atoms with Gasteiger partial charge in [-0.2, -0.15) is 0 Å². The minimum absolute atomic E-state index is 0.407. The van der Waals surface area contributed by atoms with Gasteiger partial charge in [0.05, 0.1) is 13.7 Å². The van der Waals surface area contributed by atoms with E-state index in [2.05, 4.69) is 36.1 Å². The normalized spacial score (nSPS) is 10.9. The molecule has 0 aliphatic heterocycles. The summed E-state index contributed by atoms with van der Waals surface area (Å²) in [6, 6.07) is 15.1. The van der Waals surface area contributed by atoms with Crippen LogP contribution < -0.4 is 10.6 Å². The van der Waals surface area contributed by atoms with Gasteiger partial charge in [-0.3, -0.25) is 10.6 Å². The number of nitrogens with one attached hydrogen (secondary N) is 2. The number of hydrogen-bond acceptors (Lipinski definition) is 4. The molecule has 0 aromatic heterocycles. The summed E-state index contributed by atoms with van der Waals surface area (Å²) in [6.45, 7) is 9.15. The first-order chi connectivity index (χ1) is 15.4. The van der Waals surface area contributed by atoms with E-state index in [9.17, 15) is 9.59 Å². The number of methoxy groups -OCH3 is 1. The van der Waals surface area contributed by atoms with E-state index in [0.717, 1.165) is 29.9 Å². The molecule has 0 heterocycles. The maximum absolute atomic E-state index is 11.5. The number of rotatable bonds is 9. The predicted octanol–water partition coefficient (Wildman–Crippen LogP) is 7.25. The van der Waals surface area contributed by atoms with Gasteiger partial charge in [0.15, 0.2) is 0 Å². The van der Waals surface area contributed by atoms with Gasteiger partial charge in [0, 0.05) is 11.4 Å². The Morgan fingerprint density at radius 3 is 1.69 bits per heavy atom. The molecule has 32 heavy (non-hydrogen) atoms. The lowest BCUT2D eigenvalue weighted by Gasteiger charge is -2.08. The van der Waals surface area contributed by atoms with Crippen molar-refractivity contribution in [3.05, 3.63) is 59.7 Å². The molecule has 0 bridgehead atoms. The van der Waals surface area contributed by atoms with Crippen molar-refractivity contribution in [3.63, 3.8) is 0 Å². The highest BCUT2D eigenvalue weighted by molar-refractivity contribution is 5.85. The lowest BCUT2D eigenvalue weighted by atomic mass is 10.0. The summed E-state index contributed by atoms with van der Waals surface area (Å²) in [5.41, 5.74) is 3.60. The molecular formula is C26H38N2O4. The smallest absolute Gasteiger partial charge is 0.411 e. The number of carbonyl (C=O) groups is 2. The quantitative estimate of drug-likeness (QED) is 0.429. The van der Waals surface area contributed by atoms with Crippen molar-refractivity contribution in [3.8, 4) is 0 Å². The summed E-state index contributed by atoms with van der Waals surface area (Å²) < 4.78 is 9.53. The molecule has 1 atom stereocenters. The van der Waals surface area contributed by atoms with E-state index in [0.29, 0.717) is 18.0 Å². The van der Waals surface area contributed by atoms with Gasteiger partial charge in [0.2, 0.25) is 0 Å². The number of benzene rings is 2.